The van der Waals surface area contributed by atoms with Crippen molar-refractivity contribution in [1.29, 1.82) is 0 Å². The van der Waals surface area contributed by atoms with Gasteiger partial charge in [0.2, 0.25) is 0 Å². The molecule has 31 heavy (non-hydrogen) atoms. The molecular formula is C25H24N2O3S. The zero-order valence-electron chi connectivity index (χ0n) is 17.8. The molecule has 1 N–H and O–H groups in total. The van der Waals surface area contributed by atoms with Crippen LogP contribution in [0.4, 0.5) is 5.69 Å². The smallest absolute Gasteiger partial charge is 0.175 e. The van der Waals surface area contributed by atoms with E-state index >= 15 is 0 Å². The van der Waals surface area contributed by atoms with Gasteiger partial charge >= 0.3 is 0 Å². The van der Waals surface area contributed by atoms with Crippen molar-refractivity contribution in [2.75, 3.05) is 11.6 Å². The van der Waals surface area contributed by atoms with Crippen LogP contribution in [0.3, 0.4) is 0 Å². The number of rotatable bonds is 2. The summed E-state index contributed by atoms with van der Waals surface area (Å²) in [6, 6.07) is 14.9. The van der Waals surface area contributed by atoms with Crippen LogP contribution < -0.4 is 5.32 Å². The highest BCUT2D eigenvalue weighted by Crippen LogP contribution is 2.50. The number of hydrogen-bond donors (Lipinski definition) is 1. The molecule has 5 rings (SSSR count). The Bertz CT molecular complexity index is 1370. The molecule has 1 unspecified atom stereocenters. The third kappa shape index (κ3) is 3.35. The molecule has 6 heteroatoms. The molecule has 0 fully saturated rings. The number of benzene rings is 2. The standard InChI is InChI=1S/C25H24N2O3S/c1-25(2)13-20-24(21(28)14-25)22(15-6-8-16(9-7-15)31(3,29)30)23-17-5-4-12-26-18(17)10-11-19(23)27-20/h4-12,22,27H,13-14H2,1-3H3. The van der Waals surface area contributed by atoms with Crippen LogP contribution in [-0.2, 0) is 14.6 Å². The van der Waals surface area contributed by atoms with Crippen molar-refractivity contribution in [3.63, 3.8) is 0 Å². The van der Waals surface area contributed by atoms with Crippen molar-refractivity contribution in [3.8, 4) is 0 Å². The second-order valence-electron chi connectivity index (χ2n) is 9.33. The largest absolute Gasteiger partial charge is 0.358 e. The average Bonchev–Trinajstić information content (AvgIpc) is 2.70. The van der Waals surface area contributed by atoms with Crippen LogP contribution >= 0.6 is 0 Å². The first-order valence-corrected chi connectivity index (χ1v) is 12.2. The molecule has 1 aliphatic carbocycles. The molecule has 2 aromatic carbocycles. The predicted molar refractivity (Wildman–Crippen MR) is 122 cm³/mol. The Balaban J connectivity index is 1.78. The molecule has 1 aromatic heterocycles. The third-order valence-electron chi connectivity index (χ3n) is 6.25. The van der Waals surface area contributed by atoms with E-state index < -0.39 is 9.84 Å². The maximum absolute atomic E-state index is 13.4. The predicted octanol–water partition coefficient (Wildman–Crippen LogP) is 4.84. The summed E-state index contributed by atoms with van der Waals surface area (Å²) in [4.78, 5) is 18.2. The number of allylic oxidation sites excluding steroid dienone is 2. The number of carbonyl (C=O) groups excluding carboxylic acids is 1. The SMILES string of the molecule is CC1(C)CC(=O)C2=C(C1)Nc1ccc3ncccc3c1C2c1ccc(S(C)(=O)=O)cc1. The van der Waals surface area contributed by atoms with Crippen LogP contribution in [-0.4, -0.2) is 25.4 Å². The fourth-order valence-electron chi connectivity index (χ4n) is 4.92. The molecule has 1 aliphatic heterocycles. The monoisotopic (exact) mass is 432 g/mol. The van der Waals surface area contributed by atoms with E-state index in [0.717, 1.165) is 45.4 Å². The molecule has 158 valence electrons. The van der Waals surface area contributed by atoms with E-state index in [4.69, 9.17) is 0 Å². The minimum Gasteiger partial charge on any atom is -0.358 e. The number of anilines is 1. The normalized spacial score (nSPS) is 20.2. The van der Waals surface area contributed by atoms with Crippen LogP contribution in [0.2, 0.25) is 0 Å². The van der Waals surface area contributed by atoms with Gasteiger partial charge in [-0.05, 0) is 53.3 Å². The van der Waals surface area contributed by atoms with Crippen molar-refractivity contribution >= 4 is 32.2 Å². The topological polar surface area (TPSA) is 76.1 Å². The molecule has 5 nitrogen and oxygen atoms in total. The summed E-state index contributed by atoms with van der Waals surface area (Å²) in [7, 11) is -3.30. The van der Waals surface area contributed by atoms with Crippen LogP contribution in [0.1, 0.15) is 43.7 Å². The number of fused-ring (bicyclic) bond motifs is 3. The average molecular weight is 433 g/mol. The lowest BCUT2D eigenvalue weighted by molar-refractivity contribution is -0.118. The van der Waals surface area contributed by atoms with Gasteiger partial charge in [-0.25, -0.2) is 8.42 Å². The second kappa shape index (κ2) is 6.76. The highest BCUT2D eigenvalue weighted by atomic mass is 32.2. The fourth-order valence-corrected chi connectivity index (χ4v) is 5.55. The number of ketones is 1. The number of carbonyl (C=O) groups is 1. The molecule has 0 saturated carbocycles. The van der Waals surface area contributed by atoms with Crippen molar-refractivity contribution in [2.24, 2.45) is 5.41 Å². The Kier molecular flexibility index (Phi) is 4.35. The van der Waals surface area contributed by atoms with Gasteiger partial charge in [0, 0.05) is 47.1 Å². The fraction of sp³-hybridized carbons (Fsp3) is 0.280. The van der Waals surface area contributed by atoms with Gasteiger partial charge in [-0.1, -0.05) is 32.0 Å². The van der Waals surface area contributed by atoms with Gasteiger partial charge in [-0.2, -0.15) is 0 Å². The molecule has 0 amide bonds. The summed E-state index contributed by atoms with van der Waals surface area (Å²) in [6.45, 7) is 4.23. The van der Waals surface area contributed by atoms with Crippen LogP contribution in [0.15, 0.2) is 70.9 Å². The maximum Gasteiger partial charge on any atom is 0.175 e. The zero-order chi connectivity index (χ0) is 22.0. The van der Waals surface area contributed by atoms with E-state index in [0.29, 0.717) is 6.42 Å². The lowest BCUT2D eigenvalue weighted by Gasteiger charge is -2.40. The quantitative estimate of drug-likeness (QED) is 0.627. The van der Waals surface area contributed by atoms with Crippen LogP contribution in [0.5, 0.6) is 0 Å². The molecule has 0 radical (unpaired) electrons. The molecule has 0 saturated heterocycles. The summed E-state index contributed by atoms with van der Waals surface area (Å²) < 4.78 is 23.9. The number of aromatic nitrogens is 1. The van der Waals surface area contributed by atoms with E-state index in [1.54, 1.807) is 18.3 Å². The number of sulfone groups is 1. The van der Waals surface area contributed by atoms with E-state index in [1.807, 2.05) is 36.4 Å². The molecule has 3 aromatic rings. The summed E-state index contributed by atoms with van der Waals surface area (Å²) in [5, 5.41) is 4.54. The first kappa shape index (κ1) is 19.9. The maximum atomic E-state index is 13.4. The number of hydrogen-bond acceptors (Lipinski definition) is 5. The number of Topliss-reactive ketones (excluding diaryl/α,β-unsaturated/α-hetero) is 1. The van der Waals surface area contributed by atoms with Gasteiger partial charge in [0.15, 0.2) is 15.6 Å². The van der Waals surface area contributed by atoms with Crippen molar-refractivity contribution in [3.05, 3.63) is 77.1 Å². The van der Waals surface area contributed by atoms with E-state index in [-0.39, 0.29) is 22.0 Å². The molecule has 0 bridgehead atoms. The van der Waals surface area contributed by atoms with Gasteiger partial charge in [0.05, 0.1) is 10.4 Å². The van der Waals surface area contributed by atoms with Crippen molar-refractivity contribution in [1.82, 2.24) is 4.98 Å². The Labute approximate surface area is 182 Å². The summed E-state index contributed by atoms with van der Waals surface area (Å²) >= 11 is 0. The van der Waals surface area contributed by atoms with Crippen molar-refractivity contribution in [2.45, 2.75) is 37.5 Å². The number of nitrogens with one attached hydrogen (secondary N) is 1. The van der Waals surface area contributed by atoms with Gasteiger partial charge in [0.25, 0.3) is 0 Å². The Morgan fingerprint density at radius 2 is 1.77 bits per heavy atom. The molecular weight excluding hydrogens is 408 g/mol. The highest BCUT2D eigenvalue weighted by Gasteiger charge is 2.41. The molecule has 2 aliphatic rings. The van der Waals surface area contributed by atoms with E-state index in [2.05, 4.69) is 24.1 Å². The Morgan fingerprint density at radius 1 is 1.03 bits per heavy atom. The third-order valence-corrected chi connectivity index (χ3v) is 7.38. The lowest BCUT2D eigenvalue weighted by atomic mass is 9.68. The minimum absolute atomic E-state index is 0.108. The summed E-state index contributed by atoms with van der Waals surface area (Å²) in [6.07, 6.45) is 4.24. The minimum atomic E-state index is -3.30. The van der Waals surface area contributed by atoms with Crippen molar-refractivity contribution < 1.29 is 13.2 Å². The molecule has 0 spiro atoms. The number of nitrogens with zero attached hydrogens (tertiary/aromatic N) is 1. The summed E-state index contributed by atoms with van der Waals surface area (Å²) in [5.41, 5.74) is 5.42. The second-order valence-corrected chi connectivity index (χ2v) is 11.3. The van der Waals surface area contributed by atoms with Gasteiger partial charge in [0.1, 0.15) is 0 Å². The lowest BCUT2D eigenvalue weighted by Crippen LogP contribution is -2.33. The number of pyridine rings is 1. The Morgan fingerprint density at radius 3 is 2.48 bits per heavy atom. The molecule has 1 atom stereocenters. The summed E-state index contributed by atoms with van der Waals surface area (Å²) in [5.74, 6) is -0.126. The highest BCUT2D eigenvalue weighted by molar-refractivity contribution is 7.90. The first-order valence-electron chi connectivity index (χ1n) is 10.3. The van der Waals surface area contributed by atoms with E-state index in [9.17, 15) is 13.2 Å². The van der Waals surface area contributed by atoms with Gasteiger partial charge < -0.3 is 5.32 Å². The zero-order valence-corrected chi connectivity index (χ0v) is 18.6. The first-order chi connectivity index (χ1) is 14.6. The van der Waals surface area contributed by atoms with Crippen LogP contribution in [0, 0.1) is 5.41 Å². The van der Waals surface area contributed by atoms with Gasteiger partial charge in [-0.3, -0.25) is 9.78 Å². The Hall–Kier alpha value is -2.99. The van der Waals surface area contributed by atoms with Gasteiger partial charge in [-0.15, -0.1) is 0 Å². The van der Waals surface area contributed by atoms with Crippen LogP contribution in [0.25, 0.3) is 10.9 Å². The van der Waals surface area contributed by atoms with E-state index in [1.165, 1.54) is 6.26 Å². The molecule has 2 heterocycles.